The Labute approximate surface area is 257 Å². The lowest BCUT2D eigenvalue weighted by atomic mass is 10.1. The van der Waals surface area contributed by atoms with E-state index < -0.39 is 24.1 Å². The number of carbonyl (C=O) groups is 2. The number of halogens is 5. The van der Waals surface area contributed by atoms with Gasteiger partial charge < -0.3 is 18.8 Å². The van der Waals surface area contributed by atoms with Crippen molar-refractivity contribution in [2.75, 3.05) is 26.2 Å². The zero-order chi connectivity index (χ0) is 31.4. The number of hydrogen-bond donors (Lipinski definition) is 0. The number of amides is 2. The maximum atomic E-state index is 12.7. The van der Waals surface area contributed by atoms with Gasteiger partial charge in [-0.25, -0.2) is 8.78 Å². The van der Waals surface area contributed by atoms with Crippen molar-refractivity contribution in [1.29, 1.82) is 0 Å². The average Bonchev–Trinajstić information content (AvgIpc) is 3.83. The highest BCUT2D eigenvalue weighted by Gasteiger charge is 2.36. The summed E-state index contributed by atoms with van der Waals surface area (Å²) in [5.74, 6) is -1.62. The van der Waals surface area contributed by atoms with Crippen LogP contribution >= 0.6 is 22.7 Å². The molecule has 0 aromatic carbocycles. The minimum Gasteiger partial charge on any atom is -0.354 e. The molecular formula is C29H29F5N4O4S2. The van der Waals surface area contributed by atoms with Crippen molar-refractivity contribution in [2.24, 2.45) is 0 Å². The van der Waals surface area contributed by atoms with E-state index in [0.717, 1.165) is 82.1 Å². The van der Waals surface area contributed by atoms with E-state index in [1.165, 1.54) is 11.3 Å². The van der Waals surface area contributed by atoms with Gasteiger partial charge >= 0.3 is 6.18 Å². The summed E-state index contributed by atoms with van der Waals surface area (Å²) in [5, 5.41) is 7.15. The molecule has 0 saturated carbocycles. The van der Waals surface area contributed by atoms with Crippen LogP contribution in [0.2, 0.25) is 0 Å². The third kappa shape index (κ3) is 7.20. The summed E-state index contributed by atoms with van der Waals surface area (Å²) in [6.07, 6.45) is -0.920. The van der Waals surface area contributed by atoms with Crippen LogP contribution in [0.5, 0.6) is 0 Å². The first-order valence-corrected chi connectivity index (χ1v) is 15.7. The monoisotopic (exact) mass is 656 g/mol. The molecule has 2 aliphatic rings. The summed E-state index contributed by atoms with van der Waals surface area (Å²) in [4.78, 5) is 30.6. The van der Waals surface area contributed by atoms with Crippen LogP contribution in [0, 0.1) is 6.92 Å². The largest absolute Gasteiger partial charge is 0.452 e. The van der Waals surface area contributed by atoms with Gasteiger partial charge in [-0.2, -0.15) is 13.2 Å². The second-order valence-corrected chi connectivity index (χ2v) is 12.6. The van der Waals surface area contributed by atoms with Gasteiger partial charge in [0.05, 0.1) is 19.5 Å². The number of hydrogen-bond acceptors (Lipinski definition) is 8. The lowest BCUT2D eigenvalue weighted by Gasteiger charge is -2.26. The Morgan fingerprint density at radius 1 is 0.795 bits per heavy atom. The molecule has 0 spiro atoms. The molecule has 2 amide bonds. The number of piperidine rings is 2. The molecule has 44 heavy (non-hydrogen) atoms. The Balaban J connectivity index is 0.000000175. The maximum Gasteiger partial charge on any atom is 0.452 e. The summed E-state index contributed by atoms with van der Waals surface area (Å²) in [7, 11) is 0. The van der Waals surface area contributed by atoms with Gasteiger partial charge in [-0.05, 0) is 69.7 Å². The lowest BCUT2D eigenvalue weighted by Crippen LogP contribution is -2.35. The molecular weight excluding hydrogens is 627 g/mol. The van der Waals surface area contributed by atoms with Gasteiger partial charge in [0.1, 0.15) is 11.4 Å². The molecule has 236 valence electrons. The standard InChI is InChI=1S/C15H16F2N2O2S.C14H13F3N2O2S/c1-9-12(18-21-13(9)14(16)17)10-5-6-11(22-10)15(20)19-7-3-2-4-8-19;15-14(16,17)12-8-9(18-21-12)10-4-5-11(22-10)13(20)19-6-2-1-3-7-19/h5-6,14H,2-4,7-8H2,1H3;4-5,8H,1-3,6-7H2. The second-order valence-electron chi connectivity index (χ2n) is 10.4. The first-order chi connectivity index (χ1) is 21.0. The van der Waals surface area contributed by atoms with Gasteiger partial charge in [-0.3, -0.25) is 9.59 Å². The lowest BCUT2D eigenvalue weighted by molar-refractivity contribution is -0.155. The van der Waals surface area contributed by atoms with Crippen LogP contribution in [0.1, 0.15) is 81.4 Å². The van der Waals surface area contributed by atoms with Crippen molar-refractivity contribution in [3.63, 3.8) is 0 Å². The number of alkyl halides is 5. The Morgan fingerprint density at radius 3 is 1.80 bits per heavy atom. The SMILES string of the molecule is Cc1c(-c2ccc(C(=O)N3CCCCC3)s2)noc1C(F)F.O=C(c1ccc(-c2cc(C(F)(F)F)on2)s1)N1CCCCC1. The molecule has 2 aliphatic heterocycles. The van der Waals surface area contributed by atoms with E-state index in [2.05, 4.69) is 14.8 Å². The number of nitrogens with zero attached hydrogens (tertiary/aromatic N) is 4. The molecule has 2 fully saturated rings. The van der Waals surface area contributed by atoms with Crippen LogP contribution in [0.25, 0.3) is 21.1 Å². The van der Waals surface area contributed by atoms with Crippen LogP contribution in [-0.2, 0) is 6.18 Å². The Morgan fingerprint density at radius 2 is 1.32 bits per heavy atom. The normalized spacial score (nSPS) is 15.8. The van der Waals surface area contributed by atoms with Gasteiger partial charge in [0.25, 0.3) is 18.2 Å². The summed E-state index contributed by atoms with van der Waals surface area (Å²) in [6, 6.07) is 7.54. The molecule has 0 aliphatic carbocycles. The highest BCUT2D eigenvalue weighted by atomic mass is 32.1. The van der Waals surface area contributed by atoms with Crippen LogP contribution in [0.15, 0.2) is 39.4 Å². The zero-order valence-corrected chi connectivity index (χ0v) is 25.3. The fraction of sp³-hybridized carbons (Fsp3) is 0.448. The third-order valence-electron chi connectivity index (χ3n) is 7.35. The van der Waals surface area contributed by atoms with E-state index in [9.17, 15) is 31.5 Å². The van der Waals surface area contributed by atoms with Gasteiger partial charge in [-0.15, -0.1) is 22.7 Å². The predicted octanol–water partition coefficient (Wildman–Crippen LogP) is 8.32. The molecule has 2 saturated heterocycles. The molecule has 15 heteroatoms. The van der Waals surface area contributed by atoms with E-state index in [1.807, 2.05) is 4.90 Å². The van der Waals surface area contributed by atoms with Crippen LogP contribution in [0.3, 0.4) is 0 Å². The van der Waals surface area contributed by atoms with E-state index in [4.69, 9.17) is 4.52 Å². The number of carbonyl (C=O) groups excluding carboxylic acids is 2. The molecule has 0 atom stereocenters. The highest BCUT2D eigenvalue weighted by molar-refractivity contribution is 7.17. The molecule has 6 rings (SSSR count). The molecule has 4 aromatic rings. The molecule has 6 heterocycles. The molecule has 0 radical (unpaired) electrons. The zero-order valence-electron chi connectivity index (χ0n) is 23.7. The van der Waals surface area contributed by atoms with Crippen LogP contribution in [0.4, 0.5) is 22.0 Å². The first-order valence-electron chi connectivity index (χ1n) is 14.1. The predicted molar refractivity (Wildman–Crippen MR) is 154 cm³/mol. The van der Waals surface area contributed by atoms with E-state index in [1.54, 1.807) is 36.1 Å². The van der Waals surface area contributed by atoms with Gasteiger partial charge in [-0.1, -0.05) is 10.3 Å². The van der Waals surface area contributed by atoms with Gasteiger partial charge in [0.2, 0.25) is 11.5 Å². The molecule has 4 aromatic heterocycles. The van der Waals surface area contributed by atoms with Crippen molar-refractivity contribution < 1.29 is 40.6 Å². The first kappa shape index (κ1) is 31.8. The number of thiophene rings is 2. The second kappa shape index (κ2) is 13.6. The van der Waals surface area contributed by atoms with Gasteiger partial charge in [0.15, 0.2) is 0 Å². The van der Waals surface area contributed by atoms with E-state index in [-0.39, 0.29) is 17.5 Å². The fourth-order valence-electron chi connectivity index (χ4n) is 4.98. The van der Waals surface area contributed by atoms with Crippen LogP contribution in [-0.4, -0.2) is 58.1 Å². The minimum absolute atomic E-state index is 0.00572. The van der Waals surface area contributed by atoms with E-state index >= 15 is 0 Å². The highest BCUT2D eigenvalue weighted by Crippen LogP contribution is 2.36. The number of likely N-dealkylation sites (tertiary alicyclic amines) is 2. The maximum absolute atomic E-state index is 12.7. The van der Waals surface area contributed by atoms with E-state index in [0.29, 0.717) is 30.8 Å². The Bertz CT molecular complexity index is 1580. The van der Waals surface area contributed by atoms with Crippen LogP contribution < -0.4 is 0 Å². The average molecular weight is 657 g/mol. The summed E-state index contributed by atoms with van der Waals surface area (Å²) in [6.45, 7) is 4.58. The molecule has 8 nitrogen and oxygen atoms in total. The third-order valence-corrected chi connectivity index (χ3v) is 9.53. The summed E-state index contributed by atoms with van der Waals surface area (Å²) in [5.41, 5.74) is 0.807. The van der Waals surface area contributed by atoms with Crippen molar-refractivity contribution >= 4 is 34.5 Å². The topological polar surface area (TPSA) is 92.7 Å². The number of rotatable bonds is 5. The van der Waals surface area contributed by atoms with Crippen molar-refractivity contribution in [3.8, 4) is 21.1 Å². The summed E-state index contributed by atoms with van der Waals surface area (Å²) < 4.78 is 72.0. The molecule has 0 unspecified atom stereocenters. The Kier molecular flexibility index (Phi) is 9.83. The van der Waals surface area contributed by atoms with Crippen molar-refractivity contribution in [3.05, 3.63) is 57.2 Å². The smallest absolute Gasteiger partial charge is 0.354 e. The molecule has 0 N–H and O–H groups in total. The number of aromatic nitrogens is 2. The summed E-state index contributed by atoms with van der Waals surface area (Å²) >= 11 is 2.40. The minimum atomic E-state index is -4.56. The van der Waals surface area contributed by atoms with Gasteiger partial charge in [0, 0.05) is 37.8 Å². The van der Waals surface area contributed by atoms with Crippen molar-refractivity contribution in [1.82, 2.24) is 20.1 Å². The van der Waals surface area contributed by atoms with Crippen molar-refractivity contribution in [2.45, 2.75) is 58.1 Å². The molecule has 0 bridgehead atoms. The Hall–Kier alpha value is -3.59. The fourth-order valence-corrected chi connectivity index (χ4v) is 6.92. The quantitative estimate of drug-likeness (QED) is 0.201.